The number of hydrogen-bond acceptors (Lipinski definition) is 4. The van der Waals surface area contributed by atoms with E-state index in [-0.39, 0.29) is 0 Å². The van der Waals surface area contributed by atoms with Crippen LogP contribution in [0.25, 0.3) is 0 Å². The quantitative estimate of drug-likeness (QED) is 0.803. The zero-order valence-electron chi connectivity index (χ0n) is 16.0. The maximum atomic E-state index is 4.42. The summed E-state index contributed by atoms with van der Waals surface area (Å²) >= 11 is 0. The van der Waals surface area contributed by atoms with Gasteiger partial charge < -0.3 is 0 Å². The van der Waals surface area contributed by atoms with Crippen LogP contribution in [0.4, 0.5) is 0 Å². The largest absolute Gasteiger partial charge is 0.238 e. The minimum atomic E-state index is 0.419. The summed E-state index contributed by atoms with van der Waals surface area (Å²) in [6.45, 7) is 18.6. The fourth-order valence-corrected chi connectivity index (χ4v) is 2.07. The van der Waals surface area contributed by atoms with Crippen molar-refractivity contribution in [1.29, 1.82) is 0 Å². The summed E-state index contributed by atoms with van der Waals surface area (Å²) in [5.41, 5.74) is 5.53. The molecule has 2 rings (SSSR count). The van der Waals surface area contributed by atoms with E-state index in [1.165, 1.54) is 5.56 Å². The molecule has 0 amide bonds. The minimum Gasteiger partial charge on any atom is -0.238 e. The molecule has 0 saturated carbocycles. The Kier molecular flexibility index (Phi) is 6.79. The summed E-state index contributed by atoms with van der Waals surface area (Å²) in [7, 11) is 0. The van der Waals surface area contributed by atoms with Gasteiger partial charge in [-0.3, -0.25) is 0 Å². The second-order valence-corrected chi connectivity index (χ2v) is 6.70. The van der Waals surface area contributed by atoms with Crippen LogP contribution in [-0.4, -0.2) is 19.9 Å². The highest BCUT2D eigenvalue weighted by atomic mass is 14.9. The molecule has 0 atom stereocenters. The van der Waals surface area contributed by atoms with Crippen molar-refractivity contribution in [3.05, 3.63) is 46.1 Å². The van der Waals surface area contributed by atoms with Gasteiger partial charge in [0.25, 0.3) is 0 Å². The van der Waals surface area contributed by atoms with Gasteiger partial charge in [-0.25, -0.2) is 19.9 Å². The van der Waals surface area contributed by atoms with Gasteiger partial charge in [-0.1, -0.05) is 27.7 Å². The first-order valence-corrected chi connectivity index (χ1v) is 8.25. The van der Waals surface area contributed by atoms with Crippen molar-refractivity contribution < 1.29 is 0 Å². The van der Waals surface area contributed by atoms with Crippen LogP contribution in [0.3, 0.4) is 0 Å². The molecule has 0 aromatic carbocycles. The third-order valence-corrected chi connectivity index (χ3v) is 3.68. The maximum Gasteiger partial charge on any atom is 0.131 e. The Balaban J connectivity index is 0.000000231. The second-order valence-electron chi connectivity index (χ2n) is 6.70. The van der Waals surface area contributed by atoms with E-state index < -0.39 is 0 Å². The smallest absolute Gasteiger partial charge is 0.131 e. The Hall–Kier alpha value is -1.84. The van der Waals surface area contributed by atoms with Crippen LogP contribution in [0, 0.1) is 34.6 Å². The van der Waals surface area contributed by atoms with Crippen molar-refractivity contribution in [2.45, 2.75) is 74.1 Å². The van der Waals surface area contributed by atoms with Gasteiger partial charge in [-0.15, -0.1) is 0 Å². The Morgan fingerprint density at radius 2 is 0.957 bits per heavy atom. The van der Waals surface area contributed by atoms with E-state index in [4.69, 9.17) is 0 Å². The van der Waals surface area contributed by atoms with E-state index in [0.717, 1.165) is 34.4 Å². The molecule has 2 aromatic rings. The van der Waals surface area contributed by atoms with Gasteiger partial charge in [0.2, 0.25) is 0 Å². The fourth-order valence-electron chi connectivity index (χ4n) is 2.07. The van der Waals surface area contributed by atoms with Crippen molar-refractivity contribution in [3.8, 4) is 0 Å². The molecule has 2 aromatic heterocycles. The zero-order chi connectivity index (χ0) is 17.7. The first-order valence-electron chi connectivity index (χ1n) is 8.25. The average Bonchev–Trinajstić information content (AvgIpc) is 2.43. The van der Waals surface area contributed by atoms with Crippen LogP contribution in [0.2, 0.25) is 0 Å². The predicted molar refractivity (Wildman–Crippen MR) is 95.9 cm³/mol. The molecule has 0 unspecified atom stereocenters. The topological polar surface area (TPSA) is 51.6 Å². The van der Waals surface area contributed by atoms with Crippen LogP contribution in [0.15, 0.2) is 6.07 Å². The summed E-state index contributed by atoms with van der Waals surface area (Å²) in [6.07, 6.45) is 0. The van der Waals surface area contributed by atoms with E-state index in [1.54, 1.807) is 0 Å². The van der Waals surface area contributed by atoms with Crippen molar-refractivity contribution in [2.24, 2.45) is 0 Å². The summed E-state index contributed by atoms with van der Waals surface area (Å²) in [5.74, 6) is 2.75. The molecule has 0 saturated heterocycles. The highest BCUT2D eigenvalue weighted by Gasteiger charge is 2.06. The standard InChI is InChI=1S/C10H16N2.C9H14N2/c1-6(2)10-11-8(4)7(3)9(5)12-10;1-6(2)9-10-7(3)5-8(4)11-9/h6H,1-5H3;5-6H,1-4H3. The van der Waals surface area contributed by atoms with E-state index in [0.29, 0.717) is 11.8 Å². The molecule has 23 heavy (non-hydrogen) atoms. The molecule has 0 aliphatic rings. The lowest BCUT2D eigenvalue weighted by atomic mass is 10.1. The summed E-state index contributed by atoms with van der Waals surface area (Å²) < 4.78 is 0. The van der Waals surface area contributed by atoms with Crippen molar-refractivity contribution in [2.75, 3.05) is 0 Å². The van der Waals surface area contributed by atoms with Crippen LogP contribution in [0.1, 0.15) is 79.5 Å². The molecule has 0 spiro atoms. The van der Waals surface area contributed by atoms with Crippen molar-refractivity contribution >= 4 is 0 Å². The van der Waals surface area contributed by atoms with Crippen molar-refractivity contribution in [3.63, 3.8) is 0 Å². The molecule has 0 fully saturated rings. The first-order chi connectivity index (χ1) is 10.6. The predicted octanol–water partition coefficient (Wildman–Crippen LogP) is 4.74. The van der Waals surface area contributed by atoms with E-state index in [1.807, 2.05) is 33.8 Å². The molecule has 0 bridgehead atoms. The van der Waals surface area contributed by atoms with Crippen LogP contribution in [-0.2, 0) is 0 Å². The van der Waals surface area contributed by atoms with Crippen LogP contribution >= 0.6 is 0 Å². The van der Waals surface area contributed by atoms with Crippen molar-refractivity contribution in [1.82, 2.24) is 19.9 Å². The molecule has 2 heterocycles. The first kappa shape index (κ1) is 19.2. The van der Waals surface area contributed by atoms with Gasteiger partial charge in [0.1, 0.15) is 11.6 Å². The Bertz CT molecular complexity index is 617. The van der Waals surface area contributed by atoms with Gasteiger partial charge in [-0.2, -0.15) is 0 Å². The van der Waals surface area contributed by atoms with E-state index in [2.05, 4.69) is 54.6 Å². The fraction of sp³-hybridized carbons (Fsp3) is 0.579. The van der Waals surface area contributed by atoms with Crippen LogP contribution < -0.4 is 0 Å². The molecule has 126 valence electrons. The molecule has 4 nitrogen and oxygen atoms in total. The number of aromatic nitrogens is 4. The summed E-state index contributed by atoms with van der Waals surface area (Å²) in [4.78, 5) is 17.5. The molecular weight excluding hydrogens is 284 g/mol. The minimum absolute atomic E-state index is 0.419. The molecule has 0 radical (unpaired) electrons. The second kappa shape index (κ2) is 8.14. The zero-order valence-corrected chi connectivity index (χ0v) is 16.0. The number of rotatable bonds is 2. The highest BCUT2D eigenvalue weighted by molar-refractivity contribution is 5.22. The van der Waals surface area contributed by atoms with Crippen LogP contribution in [0.5, 0.6) is 0 Å². The summed E-state index contributed by atoms with van der Waals surface area (Å²) in [5, 5.41) is 0. The highest BCUT2D eigenvalue weighted by Crippen LogP contribution is 2.13. The molecule has 0 aliphatic carbocycles. The molecule has 0 aliphatic heterocycles. The molecular formula is C19H30N4. The lowest BCUT2D eigenvalue weighted by Crippen LogP contribution is -2.03. The maximum absolute atomic E-state index is 4.42. The summed E-state index contributed by atoms with van der Waals surface area (Å²) in [6, 6.07) is 1.99. The SMILES string of the molecule is Cc1cc(C)nc(C(C)C)n1.Cc1nc(C(C)C)nc(C)c1C. The number of hydrogen-bond donors (Lipinski definition) is 0. The average molecular weight is 314 g/mol. The van der Waals surface area contributed by atoms with E-state index >= 15 is 0 Å². The number of aryl methyl sites for hydroxylation is 4. The Labute approximate surface area is 140 Å². The lowest BCUT2D eigenvalue weighted by molar-refractivity contribution is 0.753. The molecule has 0 N–H and O–H groups in total. The van der Waals surface area contributed by atoms with Gasteiger partial charge in [-0.05, 0) is 46.2 Å². The monoisotopic (exact) mass is 314 g/mol. The van der Waals surface area contributed by atoms with Gasteiger partial charge in [0.15, 0.2) is 0 Å². The normalized spacial score (nSPS) is 10.7. The van der Waals surface area contributed by atoms with E-state index in [9.17, 15) is 0 Å². The molecule has 4 heteroatoms. The Morgan fingerprint density at radius 1 is 0.609 bits per heavy atom. The van der Waals surface area contributed by atoms with Gasteiger partial charge in [0.05, 0.1) is 0 Å². The van der Waals surface area contributed by atoms with Gasteiger partial charge in [0, 0.05) is 34.6 Å². The third-order valence-electron chi connectivity index (χ3n) is 3.68. The third kappa shape index (κ3) is 5.70. The lowest BCUT2D eigenvalue weighted by Gasteiger charge is -2.08. The van der Waals surface area contributed by atoms with Gasteiger partial charge >= 0.3 is 0 Å². The Morgan fingerprint density at radius 3 is 1.30 bits per heavy atom. The number of nitrogens with zero attached hydrogens (tertiary/aromatic N) is 4.